The molecule has 152 valence electrons. The number of fused-ring (bicyclic) bond motifs is 1. The first-order chi connectivity index (χ1) is 15.0. The summed E-state index contributed by atoms with van der Waals surface area (Å²) in [5, 5.41) is 15.6. The highest BCUT2D eigenvalue weighted by Crippen LogP contribution is 2.33. The van der Waals surface area contributed by atoms with Crippen LogP contribution in [0.25, 0.3) is 17.4 Å². The summed E-state index contributed by atoms with van der Waals surface area (Å²) in [4.78, 5) is 16.6. The maximum absolute atomic E-state index is 13.1. The Morgan fingerprint density at radius 3 is 2.65 bits per heavy atom. The number of carbonyl (C=O) groups is 1. The molecule has 0 aliphatic carbocycles. The average molecular weight is 451 g/mol. The third kappa shape index (κ3) is 3.60. The van der Waals surface area contributed by atoms with Crippen LogP contribution < -0.4 is 0 Å². The summed E-state index contributed by atoms with van der Waals surface area (Å²) in [5.74, 6) is -0.119. The lowest BCUT2D eigenvalue weighted by atomic mass is 10.1. The Labute approximate surface area is 185 Å². The van der Waals surface area contributed by atoms with Crippen LogP contribution in [-0.2, 0) is 4.79 Å². The summed E-state index contributed by atoms with van der Waals surface area (Å²) in [6.45, 7) is 0. The highest BCUT2D eigenvalue weighted by atomic mass is 35.5. The third-order valence-electron chi connectivity index (χ3n) is 4.60. The molecule has 0 bridgehead atoms. The van der Waals surface area contributed by atoms with Crippen molar-refractivity contribution in [3.05, 3.63) is 88.4 Å². The number of amidine groups is 2. The molecule has 0 fully saturated rings. The lowest BCUT2D eigenvalue weighted by Crippen LogP contribution is -2.35. The van der Waals surface area contributed by atoms with Crippen LogP contribution >= 0.6 is 23.4 Å². The van der Waals surface area contributed by atoms with Crippen molar-refractivity contribution >= 4 is 51.4 Å². The molecule has 5 rings (SSSR count). The van der Waals surface area contributed by atoms with Crippen molar-refractivity contribution in [1.29, 1.82) is 5.41 Å². The van der Waals surface area contributed by atoms with Crippen molar-refractivity contribution < 1.29 is 13.6 Å². The van der Waals surface area contributed by atoms with Crippen LogP contribution in [0.1, 0.15) is 11.3 Å². The van der Waals surface area contributed by atoms with Crippen LogP contribution in [0, 0.1) is 11.2 Å². The number of benzene rings is 2. The van der Waals surface area contributed by atoms with Crippen LogP contribution in [0.5, 0.6) is 0 Å². The van der Waals surface area contributed by atoms with E-state index in [-0.39, 0.29) is 17.2 Å². The standard InChI is InChI=1S/C22H12ClFN4O2S/c23-17-4-2-1-3-15(17)21-27-28-19(25)16(20(29)26-22(28)31-21)11-14-9-10-18(30-14)12-5-7-13(24)8-6-12/h1-11,25H/b16-11+,25-19?. The predicted molar refractivity (Wildman–Crippen MR) is 120 cm³/mol. The van der Waals surface area contributed by atoms with Crippen LogP contribution in [0.2, 0.25) is 5.02 Å². The van der Waals surface area contributed by atoms with Gasteiger partial charge in [0.1, 0.15) is 22.4 Å². The van der Waals surface area contributed by atoms with Crippen LogP contribution in [0.4, 0.5) is 4.39 Å². The predicted octanol–water partition coefficient (Wildman–Crippen LogP) is 5.41. The molecular weight excluding hydrogens is 439 g/mol. The van der Waals surface area contributed by atoms with Gasteiger partial charge in [-0.15, -0.1) is 0 Å². The molecule has 2 aliphatic rings. The highest BCUT2D eigenvalue weighted by Gasteiger charge is 2.36. The zero-order valence-electron chi connectivity index (χ0n) is 15.7. The van der Waals surface area contributed by atoms with Crippen LogP contribution in [0.3, 0.4) is 0 Å². The molecule has 0 unspecified atom stereocenters. The van der Waals surface area contributed by atoms with Gasteiger partial charge in [0.25, 0.3) is 5.91 Å². The van der Waals surface area contributed by atoms with E-state index >= 15 is 0 Å². The summed E-state index contributed by atoms with van der Waals surface area (Å²) in [6, 6.07) is 16.5. The second-order valence-corrected chi connectivity index (χ2v) is 7.98. The molecule has 0 atom stereocenters. The van der Waals surface area contributed by atoms with Gasteiger partial charge in [0, 0.05) is 11.1 Å². The molecule has 9 heteroatoms. The first kappa shape index (κ1) is 19.5. The molecule has 3 heterocycles. The normalized spacial score (nSPS) is 17.1. The molecule has 3 aromatic rings. The minimum Gasteiger partial charge on any atom is -0.457 e. The number of furan rings is 1. The van der Waals surface area contributed by atoms with E-state index in [0.29, 0.717) is 37.9 Å². The SMILES string of the molecule is N=C1/C(=C\c2ccc(-c3ccc(F)cc3)o2)C(=O)N=C2SC(c3ccccc3Cl)=NN12. The molecule has 0 spiro atoms. The minimum atomic E-state index is -0.556. The fraction of sp³-hybridized carbons (Fsp3) is 0. The Kier molecular flexibility index (Phi) is 4.80. The van der Waals surface area contributed by atoms with E-state index in [9.17, 15) is 9.18 Å². The largest absolute Gasteiger partial charge is 0.457 e. The van der Waals surface area contributed by atoms with E-state index in [4.69, 9.17) is 21.4 Å². The van der Waals surface area contributed by atoms with Gasteiger partial charge in [-0.1, -0.05) is 29.8 Å². The number of nitrogens with zero attached hydrogens (tertiary/aromatic N) is 3. The van der Waals surface area contributed by atoms with Gasteiger partial charge in [-0.05, 0) is 60.3 Å². The van der Waals surface area contributed by atoms with Crippen molar-refractivity contribution in [3.63, 3.8) is 0 Å². The number of nitrogens with one attached hydrogen (secondary N) is 1. The fourth-order valence-corrected chi connectivity index (χ4v) is 4.29. The van der Waals surface area contributed by atoms with Crippen molar-refractivity contribution in [2.75, 3.05) is 0 Å². The van der Waals surface area contributed by atoms with Crippen molar-refractivity contribution in [2.24, 2.45) is 10.1 Å². The molecule has 1 amide bonds. The Morgan fingerprint density at radius 2 is 1.87 bits per heavy atom. The Morgan fingerprint density at radius 1 is 1.10 bits per heavy atom. The van der Waals surface area contributed by atoms with Gasteiger partial charge < -0.3 is 4.42 Å². The van der Waals surface area contributed by atoms with Crippen molar-refractivity contribution in [3.8, 4) is 11.3 Å². The van der Waals surface area contributed by atoms with E-state index < -0.39 is 5.91 Å². The van der Waals surface area contributed by atoms with E-state index in [1.807, 2.05) is 18.2 Å². The molecule has 1 N–H and O–H groups in total. The van der Waals surface area contributed by atoms with Crippen LogP contribution in [-0.4, -0.2) is 27.0 Å². The Balaban J connectivity index is 1.45. The van der Waals surface area contributed by atoms with Gasteiger partial charge in [0.05, 0.1) is 10.6 Å². The van der Waals surface area contributed by atoms with Gasteiger partial charge in [0.2, 0.25) is 5.17 Å². The second-order valence-electron chi connectivity index (χ2n) is 6.61. The van der Waals surface area contributed by atoms with E-state index in [1.165, 1.54) is 35.0 Å². The number of hydrogen-bond acceptors (Lipinski definition) is 5. The molecule has 1 aromatic heterocycles. The van der Waals surface area contributed by atoms with Gasteiger partial charge in [0.15, 0.2) is 5.84 Å². The van der Waals surface area contributed by atoms with Crippen molar-refractivity contribution in [1.82, 2.24) is 5.01 Å². The molecule has 2 aromatic carbocycles. The second kappa shape index (κ2) is 7.64. The van der Waals surface area contributed by atoms with Crippen LogP contribution in [0.15, 0.2) is 80.7 Å². The summed E-state index contributed by atoms with van der Waals surface area (Å²) < 4.78 is 18.9. The number of halogens is 2. The van der Waals surface area contributed by atoms with E-state index in [2.05, 4.69) is 10.1 Å². The maximum atomic E-state index is 13.1. The molecule has 31 heavy (non-hydrogen) atoms. The lowest BCUT2D eigenvalue weighted by molar-refractivity contribution is -0.114. The number of aliphatic imine (C=N–C) groups is 1. The van der Waals surface area contributed by atoms with Gasteiger partial charge in [-0.25, -0.2) is 4.39 Å². The third-order valence-corrected chi connectivity index (χ3v) is 5.87. The molecule has 0 saturated carbocycles. The Hall–Kier alpha value is -3.49. The highest BCUT2D eigenvalue weighted by molar-refractivity contribution is 8.27. The van der Waals surface area contributed by atoms with Gasteiger partial charge >= 0.3 is 0 Å². The topological polar surface area (TPSA) is 82.0 Å². The summed E-state index contributed by atoms with van der Waals surface area (Å²) in [6.07, 6.45) is 1.45. The smallest absolute Gasteiger partial charge is 0.283 e. The number of thioether (sulfide) groups is 1. The van der Waals surface area contributed by atoms with Gasteiger partial charge in [-0.3, -0.25) is 10.2 Å². The molecule has 6 nitrogen and oxygen atoms in total. The monoisotopic (exact) mass is 450 g/mol. The minimum absolute atomic E-state index is 0.0496. The maximum Gasteiger partial charge on any atom is 0.283 e. The quantitative estimate of drug-likeness (QED) is 0.541. The average Bonchev–Trinajstić information content (AvgIpc) is 3.39. The number of hydrazone groups is 1. The summed E-state index contributed by atoms with van der Waals surface area (Å²) in [7, 11) is 0. The zero-order chi connectivity index (χ0) is 21.5. The van der Waals surface area contributed by atoms with E-state index in [0.717, 1.165) is 0 Å². The first-order valence-electron chi connectivity index (χ1n) is 9.10. The Bertz CT molecular complexity index is 1330. The number of amides is 1. The molecular formula is C22H12ClFN4O2S. The molecule has 0 radical (unpaired) electrons. The van der Waals surface area contributed by atoms with Gasteiger partial charge in [-0.2, -0.15) is 15.1 Å². The lowest BCUT2D eigenvalue weighted by Gasteiger charge is -2.19. The molecule has 0 saturated heterocycles. The first-order valence-corrected chi connectivity index (χ1v) is 10.3. The number of carbonyl (C=O) groups excluding carboxylic acids is 1. The molecule has 2 aliphatic heterocycles. The number of hydrogen-bond donors (Lipinski definition) is 1. The fourth-order valence-electron chi connectivity index (χ4n) is 3.08. The zero-order valence-corrected chi connectivity index (χ0v) is 17.2. The summed E-state index contributed by atoms with van der Waals surface area (Å²) >= 11 is 7.43. The summed E-state index contributed by atoms with van der Waals surface area (Å²) in [5.41, 5.74) is 1.45. The number of rotatable bonds is 3. The van der Waals surface area contributed by atoms with E-state index in [1.54, 1.807) is 30.3 Å². The van der Waals surface area contributed by atoms with Crippen molar-refractivity contribution in [2.45, 2.75) is 0 Å².